The Balaban J connectivity index is 0.00000264. The number of hydrogen-bond acceptors (Lipinski definition) is 4. The zero-order valence-corrected chi connectivity index (χ0v) is 14.6. The fourth-order valence-corrected chi connectivity index (χ4v) is 2.39. The number of nitrogens with one attached hydrogen (secondary N) is 2. The summed E-state index contributed by atoms with van der Waals surface area (Å²) in [6, 6.07) is 10.4. The molecular formula is C16H20ClN3O2S. The number of nitrogens with two attached hydrogens (primary N) is 1. The van der Waals surface area contributed by atoms with Gasteiger partial charge in [-0.15, -0.1) is 23.7 Å². The van der Waals surface area contributed by atoms with E-state index in [0.717, 1.165) is 0 Å². The van der Waals surface area contributed by atoms with E-state index in [0.29, 0.717) is 22.7 Å². The number of rotatable bonds is 5. The van der Waals surface area contributed by atoms with E-state index in [-0.39, 0.29) is 24.2 Å². The molecule has 2 rings (SSSR count). The summed E-state index contributed by atoms with van der Waals surface area (Å²) in [6.07, 6.45) is 0. The lowest BCUT2D eigenvalue weighted by Gasteiger charge is -2.24. The molecule has 0 radical (unpaired) electrons. The largest absolute Gasteiger partial charge is 0.346 e. The summed E-state index contributed by atoms with van der Waals surface area (Å²) in [5, 5.41) is 7.48. The smallest absolute Gasteiger partial charge is 0.265 e. The number of hydrogen-bond donors (Lipinski definition) is 3. The first-order chi connectivity index (χ1) is 10.4. The summed E-state index contributed by atoms with van der Waals surface area (Å²) >= 11 is 1.37. The maximum atomic E-state index is 12.2. The molecule has 0 unspecified atom stereocenters. The zero-order valence-electron chi connectivity index (χ0n) is 13.0. The molecule has 124 valence electrons. The zero-order chi connectivity index (χ0) is 16.2. The number of benzene rings is 1. The van der Waals surface area contributed by atoms with Gasteiger partial charge in [0.15, 0.2) is 0 Å². The lowest BCUT2D eigenvalue weighted by Crippen LogP contribution is -2.48. The van der Waals surface area contributed by atoms with Crippen molar-refractivity contribution < 1.29 is 9.59 Å². The molecular weight excluding hydrogens is 334 g/mol. The van der Waals surface area contributed by atoms with E-state index in [1.54, 1.807) is 30.3 Å². The molecule has 0 aliphatic carbocycles. The van der Waals surface area contributed by atoms with Crippen molar-refractivity contribution in [3.8, 4) is 0 Å². The summed E-state index contributed by atoms with van der Waals surface area (Å²) in [4.78, 5) is 24.8. The third kappa shape index (κ3) is 5.35. The highest BCUT2D eigenvalue weighted by molar-refractivity contribution is 7.12. The van der Waals surface area contributed by atoms with Crippen LogP contribution in [0.2, 0.25) is 0 Å². The molecule has 0 fully saturated rings. The van der Waals surface area contributed by atoms with Gasteiger partial charge >= 0.3 is 0 Å². The maximum absolute atomic E-state index is 12.2. The third-order valence-corrected chi connectivity index (χ3v) is 3.96. The van der Waals surface area contributed by atoms with Crippen LogP contribution in [0.3, 0.4) is 0 Å². The Bertz CT molecular complexity index is 672. The Kier molecular flexibility index (Phi) is 6.75. The van der Waals surface area contributed by atoms with Crippen molar-refractivity contribution in [3.63, 3.8) is 0 Å². The summed E-state index contributed by atoms with van der Waals surface area (Å²) in [6.45, 7) is 4.05. The van der Waals surface area contributed by atoms with E-state index in [4.69, 9.17) is 5.73 Å². The molecule has 2 amide bonds. The van der Waals surface area contributed by atoms with Gasteiger partial charge in [0.2, 0.25) is 0 Å². The second-order valence-electron chi connectivity index (χ2n) is 5.55. The molecule has 0 atom stereocenters. The molecule has 0 saturated carbocycles. The fourth-order valence-electron chi connectivity index (χ4n) is 1.77. The lowest BCUT2D eigenvalue weighted by atomic mass is 10.1. The van der Waals surface area contributed by atoms with Crippen LogP contribution in [0, 0.1) is 0 Å². The van der Waals surface area contributed by atoms with E-state index in [2.05, 4.69) is 10.6 Å². The Morgan fingerprint density at radius 2 is 1.91 bits per heavy atom. The highest BCUT2D eigenvalue weighted by Gasteiger charge is 2.19. The summed E-state index contributed by atoms with van der Waals surface area (Å²) in [5.74, 6) is -0.405. The van der Waals surface area contributed by atoms with E-state index in [1.165, 1.54) is 11.3 Å². The molecule has 5 nitrogen and oxygen atoms in total. The predicted molar refractivity (Wildman–Crippen MR) is 96.6 cm³/mol. The number of thiophene rings is 1. The monoisotopic (exact) mass is 353 g/mol. The standard InChI is InChI=1S/C16H19N3O2S.ClH/c1-16(2,10-17)19-14(20)11-5-3-6-12(9-11)18-15(21)13-7-4-8-22-13;/h3-9H,10,17H2,1-2H3,(H,18,21)(H,19,20);1H. The van der Waals surface area contributed by atoms with E-state index in [1.807, 2.05) is 25.3 Å². The van der Waals surface area contributed by atoms with Crippen molar-refractivity contribution in [2.24, 2.45) is 5.73 Å². The van der Waals surface area contributed by atoms with E-state index in [9.17, 15) is 9.59 Å². The van der Waals surface area contributed by atoms with Gasteiger partial charge in [-0.3, -0.25) is 9.59 Å². The molecule has 7 heteroatoms. The third-order valence-electron chi connectivity index (χ3n) is 3.09. The van der Waals surface area contributed by atoms with Gasteiger partial charge in [0.05, 0.1) is 4.88 Å². The normalized spacial score (nSPS) is 10.6. The van der Waals surface area contributed by atoms with Gasteiger partial charge in [-0.1, -0.05) is 12.1 Å². The number of anilines is 1. The molecule has 0 spiro atoms. The van der Waals surface area contributed by atoms with E-state index >= 15 is 0 Å². The Morgan fingerprint density at radius 1 is 1.17 bits per heavy atom. The van der Waals surface area contributed by atoms with Crippen LogP contribution in [-0.4, -0.2) is 23.9 Å². The molecule has 0 bridgehead atoms. The Hall–Kier alpha value is -1.89. The van der Waals surface area contributed by atoms with Crippen molar-refractivity contribution in [3.05, 3.63) is 52.2 Å². The minimum absolute atomic E-state index is 0. The van der Waals surface area contributed by atoms with Crippen molar-refractivity contribution in [2.75, 3.05) is 11.9 Å². The quantitative estimate of drug-likeness (QED) is 0.772. The predicted octanol–water partition coefficient (Wildman–Crippen LogP) is 2.89. The van der Waals surface area contributed by atoms with Gasteiger partial charge in [0.25, 0.3) is 11.8 Å². The Morgan fingerprint density at radius 3 is 2.52 bits per heavy atom. The molecule has 23 heavy (non-hydrogen) atoms. The molecule has 0 aliphatic heterocycles. The van der Waals surface area contributed by atoms with Crippen LogP contribution in [0.5, 0.6) is 0 Å². The van der Waals surface area contributed by atoms with Crippen LogP contribution in [0.4, 0.5) is 5.69 Å². The van der Waals surface area contributed by atoms with Gasteiger partial charge in [0.1, 0.15) is 0 Å². The highest BCUT2D eigenvalue weighted by atomic mass is 35.5. The number of carbonyl (C=O) groups excluding carboxylic acids is 2. The summed E-state index contributed by atoms with van der Waals surface area (Å²) < 4.78 is 0. The second kappa shape index (κ2) is 8.10. The van der Waals surface area contributed by atoms with Crippen LogP contribution < -0.4 is 16.4 Å². The van der Waals surface area contributed by atoms with Crippen LogP contribution in [-0.2, 0) is 0 Å². The summed E-state index contributed by atoms with van der Waals surface area (Å²) in [7, 11) is 0. The molecule has 2 aromatic rings. The second-order valence-corrected chi connectivity index (χ2v) is 6.50. The van der Waals surface area contributed by atoms with Crippen molar-refractivity contribution >= 4 is 41.2 Å². The number of amides is 2. The molecule has 1 aromatic carbocycles. The van der Waals surface area contributed by atoms with Gasteiger partial charge < -0.3 is 16.4 Å². The topological polar surface area (TPSA) is 84.2 Å². The maximum Gasteiger partial charge on any atom is 0.265 e. The van der Waals surface area contributed by atoms with Crippen molar-refractivity contribution in [1.29, 1.82) is 0 Å². The van der Waals surface area contributed by atoms with Gasteiger partial charge in [-0.2, -0.15) is 0 Å². The summed E-state index contributed by atoms with van der Waals surface area (Å²) in [5.41, 5.74) is 6.19. The minimum Gasteiger partial charge on any atom is -0.346 e. The van der Waals surface area contributed by atoms with E-state index < -0.39 is 5.54 Å². The van der Waals surface area contributed by atoms with Crippen LogP contribution in [0.1, 0.15) is 33.9 Å². The average Bonchev–Trinajstić information content (AvgIpc) is 3.01. The average molecular weight is 354 g/mol. The van der Waals surface area contributed by atoms with Gasteiger partial charge in [-0.05, 0) is 43.5 Å². The molecule has 0 aliphatic rings. The SMILES string of the molecule is CC(C)(CN)NC(=O)c1cccc(NC(=O)c2cccs2)c1.Cl. The highest BCUT2D eigenvalue weighted by Crippen LogP contribution is 2.15. The fraction of sp³-hybridized carbons (Fsp3) is 0.250. The molecule has 1 aromatic heterocycles. The molecule has 4 N–H and O–H groups in total. The van der Waals surface area contributed by atoms with Crippen LogP contribution >= 0.6 is 23.7 Å². The van der Waals surface area contributed by atoms with Gasteiger partial charge in [-0.25, -0.2) is 0 Å². The lowest BCUT2D eigenvalue weighted by molar-refractivity contribution is 0.0914. The minimum atomic E-state index is -0.479. The number of carbonyl (C=O) groups is 2. The van der Waals surface area contributed by atoms with Crippen molar-refractivity contribution in [2.45, 2.75) is 19.4 Å². The van der Waals surface area contributed by atoms with Crippen molar-refractivity contribution in [1.82, 2.24) is 5.32 Å². The van der Waals surface area contributed by atoms with Crippen LogP contribution in [0.15, 0.2) is 41.8 Å². The van der Waals surface area contributed by atoms with Crippen LogP contribution in [0.25, 0.3) is 0 Å². The first kappa shape index (κ1) is 19.2. The number of halogens is 1. The first-order valence-corrected chi connectivity index (χ1v) is 7.77. The van der Waals surface area contributed by atoms with Gasteiger partial charge in [0, 0.05) is 23.3 Å². The molecule has 0 saturated heterocycles. The Labute approximate surface area is 145 Å². The molecule has 1 heterocycles. The first-order valence-electron chi connectivity index (χ1n) is 6.89.